The van der Waals surface area contributed by atoms with Crippen molar-refractivity contribution in [2.45, 2.75) is 66.2 Å². The van der Waals surface area contributed by atoms with Gasteiger partial charge in [-0.1, -0.05) is 53.4 Å². The first-order valence-electron chi connectivity index (χ1n) is 6.54. The van der Waals surface area contributed by atoms with Gasteiger partial charge in [-0.3, -0.25) is 4.79 Å². The van der Waals surface area contributed by atoms with E-state index in [-0.39, 0.29) is 0 Å². The van der Waals surface area contributed by atoms with Crippen LogP contribution in [0.5, 0.6) is 0 Å². The molecule has 0 amide bonds. The molecule has 88 valence electrons. The second-order valence-electron chi connectivity index (χ2n) is 5.83. The predicted octanol–water partition coefficient (Wildman–Crippen LogP) is 4.21. The molecule has 2 unspecified atom stereocenters. The lowest BCUT2D eigenvalue weighted by Crippen LogP contribution is -2.12. The molecule has 0 bridgehead atoms. The average molecular weight is 210 g/mol. The Kier molecular flexibility index (Phi) is 4.36. The minimum Gasteiger partial charge on any atom is -0.299 e. The van der Waals surface area contributed by atoms with E-state index in [1.165, 1.54) is 25.7 Å². The van der Waals surface area contributed by atoms with Gasteiger partial charge in [-0.15, -0.1) is 0 Å². The summed E-state index contributed by atoms with van der Waals surface area (Å²) in [4.78, 5) is 12.0. The van der Waals surface area contributed by atoms with Gasteiger partial charge >= 0.3 is 0 Å². The van der Waals surface area contributed by atoms with Crippen LogP contribution in [0.25, 0.3) is 0 Å². The molecule has 0 spiro atoms. The largest absolute Gasteiger partial charge is 0.299 e. The zero-order valence-corrected chi connectivity index (χ0v) is 10.8. The average Bonchev–Trinajstić information content (AvgIpc) is 2.82. The third-order valence-corrected chi connectivity index (χ3v) is 3.94. The first kappa shape index (κ1) is 12.7. The highest BCUT2D eigenvalue weighted by Gasteiger charge is 2.49. The molecule has 1 fully saturated rings. The van der Waals surface area contributed by atoms with E-state index >= 15 is 0 Å². The predicted molar refractivity (Wildman–Crippen MR) is 64.8 cm³/mol. The lowest BCUT2D eigenvalue weighted by Gasteiger charge is -2.13. The van der Waals surface area contributed by atoms with Gasteiger partial charge in [0, 0.05) is 12.3 Å². The lowest BCUT2D eigenvalue weighted by atomic mass is 9.91. The van der Waals surface area contributed by atoms with Gasteiger partial charge in [0.2, 0.25) is 0 Å². The van der Waals surface area contributed by atoms with E-state index in [0.29, 0.717) is 23.0 Å². The number of carbonyl (C=O) groups is 1. The van der Waals surface area contributed by atoms with E-state index in [2.05, 4.69) is 27.7 Å². The molecule has 1 aliphatic carbocycles. The van der Waals surface area contributed by atoms with Crippen LogP contribution in [-0.4, -0.2) is 5.78 Å². The van der Waals surface area contributed by atoms with E-state index in [1.807, 2.05) is 0 Å². The minimum absolute atomic E-state index is 0.320. The van der Waals surface area contributed by atoms with Gasteiger partial charge in [0.25, 0.3) is 0 Å². The molecule has 15 heavy (non-hydrogen) atoms. The molecule has 0 N–H and O–H groups in total. The van der Waals surface area contributed by atoms with E-state index in [1.54, 1.807) is 0 Å². The van der Waals surface area contributed by atoms with Crippen molar-refractivity contribution in [3.8, 4) is 0 Å². The highest BCUT2D eigenvalue weighted by molar-refractivity contribution is 5.84. The molecule has 2 atom stereocenters. The summed E-state index contributed by atoms with van der Waals surface area (Å²) in [5, 5.41) is 0. The van der Waals surface area contributed by atoms with Crippen LogP contribution in [0.15, 0.2) is 0 Å². The number of rotatable bonds is 7. The molecule has 0 aromatic rings. The molecule has 0 aromatic carbocycles. The third kappa shape index (κ3) is 3.62. The molecule has 1 heteroatoms. The maximum Gasteiger partial charge on any atom is 0.136 e. The van der Waals surface area contributed by atoms with E-state index in [9.17, 15) is 4.79 Å². The van der Waals surface area contributed by atoms with Gasteiger partial charge in [-0.05, 0) is 17.8 Å². The summed E-state index contributed by atoms with van der Waals surface area (Å²) in [5.41, 5.74) is 0.320. The van der Waals surface area contributed by atoms with Crippen LogP contribution in [0.2, 0.25) is 0 Å². The summed E-state index contributed by atoms with van der Waals surface area (Å²) >= 11 is 0. The number of hydrogen-bond donors (Lipinski definition) is 0. The van der Waals surface area contributed by atoms with Gasteiger partial charge in [-0.2, -0.15) is 0 Å². The van der Waals surface area contributed by atoms with Crippen molar-refractivity contribution in [2.24, 2.45) is 17.3 Å². The van der Waals surface area contributed by atoms with Gasteiger partial charge in [0.15, 0.2) is 0 Å². The van der Waals surface area contributed by atoms with Crippen molar-refractivity contribution >= 4 is 5.78 Å². The molecule has 1 nitrogen and oxygen atoms in total. The standard InChI is InChI=1S/C14H26O/c1-5-7-8-11(6-2)9-13(15)12-10-14(12,3)4/h11-12H,5-10H2,1-4H3. The highest BCUT2D eigenvalue weighted by atomic mass is 16.1. The van der Waals surface area contributed by atoms with Crippen LogP contribution in [0.4, 0.5) is 0 Å². The van der Waals surface area contributed by atoms with Gasteiger partial charge in [-0.25, -0.2) is 0 Å². The Morgan fingerprint density at radius 3 is 2.40 bits per heavy atom. The molecule has 1 aliphatic rings. The third-order valence-electron chi connectivity index (χ3n) is 3.94. The summed E-state index contributed by atoms with van der Waals surface area (Å²) in [6.45, 7) is 8.86. The topological polar surface area (TPSA) is 17.1 Å². The first-order valence-corrected chi connectivity index (χ1v) is 6.54. The number of unbranched alkanes of at least 4 members (excludes halogenated alkanes) is 1. The Hall–Kier alpha value is -0.330. The molecule has 0 aliphatic heterocycles. The Morgan fingerprint density at radius 1 is 1.40 bits per heavy atom. The summed E-state index contributed by atoms with van der Waals surface area (Å²) in [7, 11) is 0. The molecule has 0 heterocycles. The Balaban J connectivity index is 2.29. The van der Waals surface area contributed by atoms with Crippen molar-refractivity contribution in [3.05, 3.63) is 0 Å². The monoisotopic (exact) mass is 210 g/mol. The van der Waals surface area contributed by atoms with E-state index < -0.39 is 0 Å². The van der Waals surface area contributed by atoms with Crippen molar-refractivity contribution in [1.29, 1.82) is 0 Å². The van der Waals surface area contributed by atoms with Crippen LogP contribution < -0.4 is 0 Å². The fraction of sp³-hybridized carbons (Fsp3) is 0.929. The van der Waals surface area contributed by atoms with Gasteiger partial charge in [0.05, 0.1) is 0 Å². The van der Waals surface area contributed by atoms with Crippen LogP contribution >= 0.6 is 0 Å². The second-order valence-corrected chi connectivity index (χ2v) is 5.83. The van der Waals surface area contributed by atoms with Crippen molar-refractivity contribution in [3.63, 3.8) is 0 Å². The van der Waals surface area contributed by atoms with E-state index in [4.69, 9.17) is 0 Å². The van der Waals surface area contributed by atoms with Crippen LogP contribution in [0.1, 0.15) is 66.2 Å². The molecular formula is C14H26O. The number of Topliss-reactive ketones (excluding diaryl/α,β-unsaturated/α-hetero) is 1. The summed E-state index contributed by atoms with van der Waals surface area (Å²) < 4.78 is 0. The van der Waals surface area contributed by atoms with Crippen LogP contribution in [-0.2, 0) is 4.79 Å². The zero-order valence-electron chi connectivity index (χ0n) is 10.8. The van der Waals surface area contributed by atoms with E-state index in [0.717, 1.165) is 12.8 Å². The fourth-order valence-corrected chi connectivity index (χ4v) is 2.39. The van der Waals surface area contributed by atoms with Crippen molar-refractivity contribution in [2.75, 3.05) is 0 Å². The summed E-state index contributed by atoms with van der Waals surface area (Å²) in [5.74, 6) is 1.56. The van der Waals surface area contributed by atoms with Gasteiger partial charge < -0.3 is 0 Å². The van der Waals surface area contributed by atoms with Crippen LogP contribution in [0.3, 0.4) is 0 Å². The first-order chi connectivity index (χ1) is 7.01. The summed E-state index contributed by atoms with van der Waals surface area (Å²) in [6.07, 6.45) is 6.89. The smallest absolute Gasteiger partial charge is 0.136 e. The van der Waals surface area contributed by atoms with Crippen molar-refractivity contribution in [1.82, 2.24) is 0 Å². The van der Waals surface area contributed by atoms with Crippen molar-refractivity contribution < 1.29 is 4.79 Å². The lowest BCUT2D eigenvalue weighted by molar-refractivity contribution is -0.121. The summed E-state index contributed by atoms with van der Waals surface area (Å²) in [6, 6.07) is 0. The molecular weight excluding hydrogens is 184 g/mol. The number of ketones is 1. The molecule has 0 aromatic heterocycles. The molecule has 0 radical (unpaired) electrons. The SMILES string of the molecule is CCCCC(CC)CC(=O)C1CC1(C)C. The Morgan fingerprint density at radius 2 is 2.00 bits per heavy atom. The molecule has 1 rings (SSSR count). The maximum absolute atomic E-state index is 12.0. The Bertz CT molecular complexity index is 217. The maximum atomic E-state index is 12.0. The fourth-order valence-electron chi connectivity index (χ4n) is 2.39. The van der Waals surface area contributed by atoms with Crippen LogP contribution in [0, 0.1) is 17.3 Å². The zero-order chi connectivity index (χ0) is 11.5. The number of hydrogen-bond acceptors (Lipinski definition) is 1. The van der Waals surface area contributed by atoms with Gasteiger partial charge in [0.1, 0.15) is 5.78 Å². The molecule has 1 saturated carbocycles. The number of carbonyl (C=O) groups excluding carboxylic acids is 1. The normalized spacial score (nSPS) is 24.9. The Labute approximate surface area is 94.6 Å². The second kappa shape index (κ2) is 5.14. The highest BCUT2D eigenvalue weighted by Crippen LogP contribution is 2.52. The quantitative estimate of drug-likeness (QED) is 0.615. The minimum atomic E-state index is 0.320. The molecule has 0 saturated heterocycles.